The van der Waals surface area contributed by atoms with Crippen LogP contribution < -0.4 is 14.8 Å². The summed E-state index contributed by atoms with van der Waals surface area (Å²) in [5.41, 5.74) is 4.76. The molecule has 0 bridgehead atoms. The molecule has 1 aliphatic rings. The molecule has 0 atom stereocenters. The zero-order valence-electron chi connectivity index (χ0n) is 17.1. The first kappa shape index (κ1) is 20.2. The number of hydrogen-bond donors (Lipinski definition) is 1. The molecule has 0 saturated carbocycles. The Morgan fingerprint density at radius 2 is 1.89 bits per heavy atom. The first-order valence-corrected chi connectivity index (χ1v) is 10.1. The predicted octanol–water partition coefficient (Wildman–Crippen LogP) is 4.04. The van der Waals surface area contributed by atoms with Crippen LogP contribution in [0.3, 0.4) is 0 Å². The normalized spacial score (nSPS) is 12.7. The highest BCUT2D eigenvalue weighted by atomic mass is 16.5. The van der Waals surface area contributed by atoms with Gasteiger partial charge in [0.2, 0.25) is 5.91 Å². The molecule has 0 radical (unpaired) electrons. The van der Waals surface area contributed by atoms with E-state index < -0.39 is 0 Å². The lowest BCUT2D eigenvalue weighted by atomic mass is 10.1. The van der Waals surface area contributed by atoms with Crippen molar-refractivity contribution in [3.05, 3.63) is 53.1 Å². The number of methoxy groups -OCH3 is 1. The van der Waals surface area contributed by atoms with Crippen LogP contribution in [0.5, 0.6) is 11.5 Å². The molecule has 0 unspecified atom stereocenters. The first-order valence-electron chi connectivity index (χ1n) is 10.1. The van der Waals surface area contributed by atoms with Crippen LogP contribution in [-0.4, -0.2) is 37.6 Å². The molecule has 0 saturated heterocycles. The summed E-state index contributed by atoms with van der Waals surface area (Å²) in [5, 5.41) is 3.05. The standard InChI is InChI=1S/C23H30N2O3/c1-4-25(15-17-9-12-21(28-5-2)22(13-17)27-3)16-23(26)24-20-11-10-18-7-6-8-19(18)14-20/h9-14H,4-8,15-16H2,1-3H3,(H,24,26). The molecule has 0 fully saturated rings. The molecule has 0 aliphatic heterocycles. The van der Waals surface area contributed by atoms with E-state index >= 15 is 0 Å². The second kappa shape index (κ2) is 9.60. The second-order valence-electron chi connectivity index (χ2n) is 7.11. The number of amides is 1. The number of aryl methyl sites for hydroxylation is 2. The molecule has 1 N–H and O–H groups in total. The fraction of sp³-hybridized carbons (Fsp3) is 0.435. The van der Waals surface area contributed by atoms with Crippen molar-refractivity contribution < 1.29 is 14.3 Å². The van der Waals surface area contributed by atoms with Crippen molar-refractivity contribution in [2.45, 2.75) is 39.7 Å². The quantitative estimate of drug-likeness (QED) is 0.711. The van der Waals surface area contributed by atoms with Gasteiger partial charge in [0.15, 0.2) is 11.5 Å². The number of carbonyl (C=O) groups excluding carboxylic acids is 1. The predicted molar refractivity (Wildman–Crippen MR) is 112 cm³/mol. The Bertz CT molecular complexity index is 819. The van der Waals surface area contributed by atoms with Gasteiger partial charge in [-0.3, -0.25) is 9.69 Å². The molecule has 0 heterocycles. The van der Waals surface area contributed by atoms with Crippen LogP contribution in [0, 0.1) is 0 Å². The summed E-state index contributed by atoms with van der Waals surface area (Å²) >= 11 is 0. The Hall–Kier alpha value is -2.53. The van der Waals surface area contributed by atoms with Crippen LogP contribution in [0.15, 0.2) is 36.4 Å². The van der Waals surface area contributed by atoms with Crippen LogP contribution in [0.4, 0.5) is 5.69 Å². The van der Waals surface area contributed by atoms with Crippen molar-refractivity contribution in [2.75, 3.05) is 32.1 Å². The van der Waals surface area contributed by atoms with Gasteiger partial charge in [-0.1, -0.05) is 19.1 Å². The Labute approximate surface area is 167 Å². The largest absolute Gasteiger partial charge is 0.493 e. The molecule has 2 aromatic rings. The molecule has 1 aliphatic carbocycles. The zero-order chi connectivity index (χ0) is 19.9. The molecule has 150 valence electrons. The fourth-order valence-corrected chi connectivity index (χ4v) is 3.68. The van der Waals surface area contributed by atoms with Gasteiger partial charge in [0.05, 0.1) is 20.3 Å². The molecule has 3 rings (SSSR count). The third-order valence-electron chi connectivity index (χ3n) is 5.13. The summed E-state index contributed by atoms with van der Waals surface area (Å²) in [7, 11) is 1.64. The van der Waals surface area contributed by atoms with E-state index in [0.717, 1.165) is 42.1 Å². The van der Waals surface area contributed by atoms with E-state index in [0.29, 0.717) is 19.7 Å². The van der Waals surface area contributed by atoms with Crippen LogP contribution in [-0.2, 0) is 24.2 Å². The van der Waals surface area contributed by atoms with E-state index in [1.807, 2.05) is 31.2 Å². The number of rotatable bonds is 9. The maximum Gasteiger partial charge on any atom is 0.238 e. The topological polar surface area (TPSA) is 50.8 Å². The second-order valence-corrected chi connectivity index (χ2v) is 7.11. The highest BCUT2D eigenvalue weighted by molar-refractivity contribution is 5.92. The molecule has 0 spiro atoms. The molecule has 28 heavy (non-hydrogen) atoms. The maximum atomic E-state index is 12.5. The molecular formula is C23H30N2O3. The smallest absolute Gasteiger partial charge is 0.238 e. The molecule has 5 heteroatoms. The van der Waals surface area contributed by atoms with E-state index in [1.165, 1.54) is 17.5 Å². The van der Waals surface area contributed by atoms with E-state index in [9.17, 15) is 4.79 Å². The van der Waals surface area contributed by atoms with E-state index in [1.54, 1.807) is 7.11 Å². The number of hydrogen-bond acceptors (Lipinski definition) is 4. The number of ether oxygens (including phenoxy) is 2. The van der Waals surface area contributed by atoms with Gasteiger partial charge in [-0.2, -0.15) is 0 Å². The van der Waals surface area contributed by atoms with E-state index in [-0.39, 0.29) is 5.91 Å². The van der Waals surface area contributed by atoms with Gasteiger partial charge in [-0.25, -0.2) is 0 Å². The zero-order valence-corrected chi connectivity index (χ0v) is 17.1. The maximum absolute atomic E-state index is 12.5. The van der Waals surface area contributed by atoms with Gasteiger partial charge < -0.3 is 14.8 Å². The van der Waals surface area contributed by atoms with Crippen LogP contribution in [0.1, 0.15) is 37.0 Å². The Morgan fingerprint density at radius 3 is 2.64 bits per heavy atom. The van der Waals surface area contributed by atoms with Gasteiger partial charge >= 0.3 is 0 Å². The minimum Gasteiger partial charge on any atom is -0.493 e. The van der Waals surface area contributed by atoms with Gasteiger partial charge in [0, 0.05) is 12.2 Å². The van der Waals surface area contributed by atoms with Gasteiger partial charge in [-0.05, 0) is 73.7 Å². The summed E-state index contributed by atoms with van der Waals surface area (Å²) in [5.74, 6) is 1.47. The van der Waals surface area contributed by atoms with Crippen molar-refractivity contribution in [1.82, 2.24) is 4.90 Å². The van der Waals surface area contributed by atoms with Crippen molar-refractivity contribution in [1.29, 1.82) is 0 Å². The number of anilines is 1. The molecule has 1 amide bonds. The molecule has 5 nitrogen and oxygen atoms in total. The van der Waals surface area contributed by atoms with Gasteiger partial charge in [-0.15, -0.1) is 0 Å². The van der Waals surface area contributed by atoms with E-state index in [4.69, 9.17) is 9.47 Å². The highest BCUT2D eigenvalue weighted by Gasteiger charge is 2.14. The lowest BCUT2D eigenvalue weighted by molar-refractivity contribution is -0.117. The summed E-state index contributed by atoms with van der Waals surface area (Å²) in [6, 6.07) is 12.2. The lowest BCUT2D eigenvalue weighted by Gasteiger charge is -2.21. The average Bonchev–Trinajstić information content (AvgIpc) is 3.16. The van der Waals surface area contributed by atoms with Crippen LogP contribution >= 0.6 is 0 Å². The van der Waals surface area contributed by atoms with E-state index in [2.05, 4.69) is 29.3 Å². The van der Waals surface area contributed by atoms with Crippen molar-refractivity contribution in [2.24, 2.45) is 0 Å². The number of nitrogens with zero attached hydrogens (tertiary/aromatic N) is 1. The third-order valence-corrected chi connectivity index (χ3v) is 5.13. The number of benzene rings is 2. The lowest BCUT2D eigenvalue weighted by Crippen LogP contribution is -2.32. The number of likely N-dealkylation sites (N-methyl/N-ethyl adjacent to an activating group) is 1. The van der Waals surface area contributed by atoms with Crippen LogP contribution in [0.2, 0.25) is 0 Å². The summed E-state index contributed by atoms with van der Waals surface area (Å²) in [4.78, 5) is 14.6. The van der Waals surface area contributed by atoms with Gasteiger partial charge in [0.25, 0.3) is 0 Å². The monoisotopic (exact) mass is 382 g/mol. The molecule has 2 aromatic carbocycles. The molecule has 0 aromatic heterocycles. The Balaban J connectivity index is 1.60. The summed E-state index contributed by atoms with van der Waals surface area (Å²) in [6.07, 6.45) is 3.47. The summed E-state index contributed by atoms with van der Waals surface area (Å²) < 4.78 is 11.0. The highest BCUT2D eigenvalue weighted by Crippen LogP contribution is 2.28. The average molecular weight is 383 g/mol. The fourth-order valence-electron chi connectivity index (χ4n) is 3.68. The van der Waals surface area contributed by atoms with Crippen molar-refractivity contribution >= 4 is 11.6 Å². The minimum atomic E-state index is 0.0118. The number of carbonyl (C=O) groups is 1. The Kier molecular flexibility index (Phi) is 6.93. The number of nitrogens with one attached hydrogen (secondary N) is 1. The summed E-state index contributed by atoms with van der Waals surface area (Å²) in [6.45, 7) is 6.42. The first-order chi connectivity index (χ1) is 13.6. The number of fused-ring (bicyclic) bond motifs is 1. The molecular weight excluding hydrogens is 352 g/mol. The third kappa shape index (κ3) is 5.04. The van der Waals surface area contributed by atoms with Crippen LogP contribution in [0.25, 0.3) is 0 Å². The Morgan fingerprint density at radius 1 is 1.07 bits per heavy atom. The SMILES string of the molecule is CCOc1ccc(CN(CC)CC(=O)Nc2ccc3c(c2)CCC3)cc1OC. The minimum absolute atomic E-state index is 0.0118. The van der Waals surface area contributed by atoms with Crippen molar-refractivity contribution in [3.8, 4) is 11.5 Å². The van der Waals surface area contributed by atoms with Gasteiger partial charge in [0.1, 0.15) is 0 Å². The van der Waals surface area contributed by atoms with Crippen molar-refractivity contribution in [3.63, 3.8) is 0 Å².